The van der Waals surface area contributed by atoms with E-state index in [2.05, 4.69) is 5.32 Å². The van der Waals surface area contributed by atoms with Gasteiger partial charge in [-0.3, -0.25) is 4.79 Å². The number of piperidine rings is 1. The first kappa shape index (κ1) is 8.94. The lowest BCUT2D eigenvalue weighted by Crippen LogP contribution is -2.46. The zero-order valence-corrected chi connectivity index (χ0v) is 11.2. The molecule has 100 valence electrons. The monoisotopic (exact) mass is 273 g/mol. The van der Waals surface area contributed by atoms with Gasteiger partial charge in [-0.1, -0.05) is 25.1 Å². The van der Waals surface area contributed by atoms with Crippen molar-refractivity contribution in [3.8, 4) is 0 Å². The summed E-state index contributed by atoms with van der Waals surface area (Å²) < 4.78 is 39.4. The highest BCUT2D eigenvalue weighted by Gasteiger charge is 2.25. The molecular formula is C14H21ClN2O. The highest BCUT2D eigenvalue weighted by atomic mass is 35.5. The molecule has 1 aromatic rings. The predicted molar refractivity (Wildman–Crippen MR) is 77.4 cm³/mol. The Balaban J connectivity index is 0.00000264. The van der Waals surface area contributed by atoms with Crippen molar-refractivity contribution in [3.05, 3.63) is 30.2 Å². The molecule has 1 amide bonds. The van der Waals surface area contributed by atoms with Gasteiger partial charge in [-0.05, 0) is 38.0 Å². The Hall–Kier alpha value is -1.06. The summed E-state index contributed by atoms with van der Waals surface area (Å²) >= 11 is 0. The Labute approximate surface area is 122 Å². The van der Waals surface area contributed by atoms with Crippen LogP contribution in [-0.2, 0) is 4.79 Å². The van der Waals surface area contributed by atoms with Gasteiger partial charge in [0, 0.05) is 18.2 Å². The molecule has 0 unspecified atom stereocenters. The lowest BCUT2D eigenvalue weighted by atomic mass is 10.0. The molecular weight excluding hydrogens is 248 g/mol. The number of rotatable bonds is 3. The van der Waals surface area contributed by atoms with Crippen molar-refractivity contribution in [1.82, 2.24) is 5.32 Å². The fourth-order valence-corrected chi connectivity index (χ4v) is 2.11. The van der Waals surface area contributed by atoms with E-state index in [1.54, 1.807) is 6.92 Å². The van der Waals surface area contributed by atoms with Crippen LogP contribution in [0.5, 0.6) is 0 Å². The van der Waals surface area contributed by atoms with E-state index in [0.29, 0.717) is 12.8 Å². The Morgan fingerprint density at radius 1 is 1.39 bits per heavy atom. The van der Waals surface area contributed by atoms with Crippen molar-refractivity contribution in [3.63, 3.8) is 0 Å². The summed E-state index contributed by atoms with van der Waals surface area (Å²) in [7, 11) is 0. The van der Waals surface area contributed by atoms with Gasteiger partial charge in [-0.25, -0.2) is 0 Å². The van der Waals surface area contributed by atoms with Gasteiger partial charge in [-0.2, -0.15) is 0 Å². The first-order valence-electron chi connectivity index (χ1n) is 8.49. The number of hydrogen-bond acceptors (Lipinski definition) is 2. The molecule has 1 fully saturated rings. The minimum absolute atomic E-state index is 0. The van der Waals surface area contributed by atoms with Gasteiger partial charge in [0.15, 0.2) is 0 Å². The number of hydrogen-bond donors (Lipinski definition) is 1. The molecule has 1 aromatic carbocycles. The third-order valence-corrected chi connectivity index (χ3v) is 2.97. The minimum atomic E-state index is -0.437. The van der Waals surface area contributed by atoms with Crippen molar-refractivity contribution in [2.75, 3.05) is 18.0 Å². The van der Waals surface area contributed by atoms with Crippen molar-refractivity contribution in [2.45, 2.75) is 32.2 Å². The highest BCUT2D eigenvalue weighted by molar-refractivity contribution is 5.93. The molecule has 4 heteroatoms. The van der Waals surface area contributed by atoms with Crippen LogP contribution in [0.1, 0.15) is 33.0 Å². The van der Waals surface area contributed by atoms with E-state index in [0.717, 1.165) is 13.1 Å². The maximum absolute atomic E-state index is 12.4. The molecule has 1 N–H and O–H groups in total. The maximum Gasteiger partial charge on any atom is 0.226 e. The molecule has 1 aliphatic rings. The van der Waals surface area contributed by atoms with Crippen molar-refractivity contribution >= 4 is 24.0 Å². The molecule has 2 rings (SSSR count). The van der Waals surface area contributed by atoms with Gasteiger partial charge in [0.1, 0.15) is 0 Å². The highest BCUT2D eigenvalue weighted by Crippen LogP contribution is 2.22. The molecule has 0 spiro atoms. The summed E-state index contributed by atoms with van der Waals surface area (Å²) in [5.74, 6) is -0.217. The number of anilines is 1. The SMILES string of the molecule is Cl.[2H]c1c([2H])c([2H])c(N(C(=O)CC)C2CCNCC2)c([2H])c1[2H]. The summed E-state index contributed by atoms with van der Waals surface area (Å²) in [6, 6.07) is -2.01. The lowest BCUT2D eigenvalue weighted by molar-refractivity contribution is -0.118. The average molecular weight is 274 g/mol. The Morgan fingerprint density at radius 3 is 2.56 bits per heavy atom. The molecule has 0 atom stereocenters. The third kappa shape index (κ3) is 3.47. The lowest BCUT2D eigenvalue weighted by Gasteiger charge is -2.34. The van der Waals surface area contributed by atoms with Crippen LogP contribution in [-0.4, -0.2) is 25.0 Å². The Kier molecular flexibility index (Phi) is 3.67. The zero-order chi connectivity index (χ0) is 16.4. The van der Waals surface area contributed by atoms with E-state index >= 15 is 0 Å². The summed E-state index contributed by atoms with van der Waals surface area (Å²) in [6.45, 7) is 3.21. The van der Waals surface area contributed by atoms with Crippen LogP contribution in [0.15, 0.2) is 30.2 Å². The first-order valence-corrected chi connectivity index (χ1v) is 5.99. The molecule has 0 bridgehead atoms. The molecule has 1 aliphatic heterocycles. The number of carbonyl (C=O) groups excluding carboxylic acids is 1. The van der Waals surface area contributed by atoms with Crippen LogP contribution in [0, 0.1) is 0 Å². The summed E-state index contributed by atoms with van der Waals surface area (Å²) in [5, 5.41) is 3.20. The molecule has 1 heterocycles. The standard InChI is InChI=1S/C14H20N2O.ClH/c1-2-14(17)16(12-6-4-3-5-7-12)13-8-10-15-11-9-13;/h3-7,13,15H,2,8-11H2,1H3;1H/i3D,4D,5D,6D,7D;. The number of amides is 1. The van der Waals surface area contributed by atoms with E-state index in [4.69, 9.17) is 6.85 Å². The first-order chi connectivity index (χ1) is 10.4. The van der Waals surface area contributed by atoms with Gasteiger partial charge in [-0.15, -0.1) is 12.4 Å². The smallest absolute Gasteiger partial charge is 0.226 e. The molecule has 1 saturated heterocycles. The molecule has 0 aromatic heterocycles. The van der Waals surface area contributed by atoms with Crippen LogP contribution < -0.4 is 10.2 Å². The van der Waals surface area contributed by atoms with Crippen LogP contribution in [0.25, 0.3) is 0 Å². The fourth-order valence-electron chi connectivity index (χ4n) is 2.11. The fraction of sp³-hybridized carbons (Fsp3) is 0.500. The second kappa shape index (κ2) is 7.39. The minimum Gasteiger partial charge on any atom is -0.317 e. The van der Waals surface area contributed by atoms with Crippen LogP contribution in [0.4, 0.5) is 5.69 Å². The van der Waals surface area contributed by atoms with Gasteiger partial charge < -0.3 is 10.2 Å². The summed E-state index contributed by atoms with van der Waals surface area (Å²) in [4.78, 5) is 13.8. The van der Waals surface area contributed by atoms with Crippen LogP contribution >= 0.6 is 12.4 Å². The van der Waals surface area contributed by atoms with Crippen LogP contribution in [0.2, 0.25) is 0 Å². The number of nitrogens with zero attached hydrogens (tertiary/aromatic N) is 1. The normalized spacial score (nSPS) is 19.7. The summed E-state index contributed by atoms with van der Waals surface area (Å²) in [6.07, 6.45) is 1.63. The molecule has 0 radical (unpaired) electrons. The maximum atomic E-state index is 12.4. The Bertz CT molecular complexity index is 564. The number of halogens is 1. The van der Waals surface area contributed by atoms with E-state index in [1.165, 1.54) is 4.90 Å². The molecule has 0 saturated carbocycles. The van der Waals surface area contributed by atoms with Gasteiger partial charge in [0.2, 0.25) is 5.91 Å². The Morgan fingerprint density at radius 2 is 2.00 bits per heavy atom. The van der Waals surface area contributed by atoms with Gasteiger partial charge in [0.25, 0.3) is 0 Å². The molecule has 3 nitrogen and oxygen atoms in total. The second-order valence-electron chi connectivity index (χ2n) is 4.07. The van der Waals surface area contributed by atoms with Crippen LogP contribution in [0.3, 0.4) is 0 Å². The number of benzene rings is 1. The van der Waals surface area contributed by atoms with E-state index in [1.807, 2.05) is 0 Å². The molecule has 18 heavy (non-hydrogen) atoms. The average Bonchev–Trinajstić information content (AvgIpc) is 2.55. The predicted octanol–water partition coefficient (Wildman–Crippen LogP) is 2.60. The van der Waals surface area contributed by atoms with Crippen molar-refractivity contribution in [1.29, 1.82) is 0 Å². The second-order valence-corrected chi connectivity index (χ2v) is 4.07. The van der Waals surface area contributed by atoms with Crippen molar-refractivity contribution < 1.29 is 11.6 Å². The van der Waals surface area contributed by atoms with E-state index in [9.17, 15) is 4.79 Å². The van der Waals surface area contributed by atoms with Crippen molar-refractivity contribution in [2.24, 2.45) is 0 Å². The number of nitrogens with one attached hydrogen (secondary N) is 1. The third-order valence-electron chi connectivity index (χ3n) is 2.97. The zero-order valence-electron chi connectivity index (χ0n) is 15.4. The van der Waals surface area contributed by atoms with Gasteiger partial charge in [0.05, 0.1) is 6.85 Å². The topological polar surface area (TPSA) is 32.3 Å². The number of carbonyl (C=O) groups is 1. The summed E-state index contributed by atoms with van der Waals surface area (Å²) in [5.41, 5.74) is 0.00440. The number of para-hydroxylation sites is 1. The largest absolute Gasteiger partial charge is 0.317 e. The van der Waals surface area contributed by atoms with E-state index < -0.39 is 18.1 Å². The van der Waals surface area contributed by atoms with E-state index in [-0.39, 0.29) is 48.5 Å². The van der Waals surface area contributed by atoms with Gasteiger partial charge >= 0.3 is 0 Å². The quantitative estimate of drug-likeness (QED) is 0.918. The molecule has 0 aliphatic carbocycles.